The summed E-state index contributed by atoms with van der Waals surface area (Å²) in [4.78, 5) is 23.7. The molecule has 1 saturated heterocycles. The predicted molar refractivity (Wildman–Crippen MR) is 106 cm³/mol. The van der Waals surface area contributed by atoms with E-state index in [1.807, 2.05) is 54.2 Å². The van der Waals surface area contributed by atoms with E-state index in [9.17, 15) is 4.79 Å². The normalized spacial score (nSPS) is 16.0. The Labute approximate surface area is 160 Å². The number of rotatable bonds is 4. The highest BCUT2D eigenvalue weighted by Gasteiger charge is 2.31. The van der Waals surface area contributed by atoms with Crippen LogP contribution in [0, 0.1) is 6.92 Å². The van der Waals surface area contributed by atoms with Gasteiger partial charge in [-0.3, -0.25) is 9.69 Å². The molecule has 1 amide bonds. The lowest BCUT2D eigenvalue weighted by molar-refractivity contribution is -0.136. The van der Waals surface area contributed by atoms with Gasteiger partial charge in [-0.25, -0.2) is 4.98 Å². The summed E-state index contributed by atoms with van der Waals surface area (Å²) in [5.74, 6) is 1.07. The summed E-state index contributed by atoms with van der Waals surface area (Å²) in [5.41, 5.74) is 2.22. The maximum Gasteiger partial charge on any atom is 0.244 e. The Morgan fingerprint density at radius 2 is 1.81 bits per heavy atom. The Balaban J connectivity index is 1.70. The molecule has 1 fully saturated rings. The van der Waals surface area contributed by atoms with Crippen molar-refractivity contribution in [3.05, 3.63) is 58.7 Å². The first-order chi connectivity index (χ1) is 12.5. The Bertz CT molecular complexity index is 755. The lowest BCUT2D eigenvalue weighted by Crippen LogP contribution is -2.51. The van der Waals surface area contributed by atoms with E-state index in [1.165, 1.54) is 0 Å². The van der Waals surface area contributed by atoms with Crippen LogP contribution in [0.2, 0.25) is 5.02 Å². The minimum Gasteiger partial charge on any atom is -0.353 e. The van der Waals surface area contributed by atoms with Crippen molar-refractivity contribution in [3.63, 3.8) is 0 Å². The number of aromatic nitrogens is 1. The van der Waals surface area contributed by atoms with Crippen LogP contribution in [0.5, 0.6) is 0 Å². The fourth-order valence-corrected chi connectivity index (χ4v) is 3.52. The zero-order valence-electron chi connectivity index (χ0n) is 15.5. The van der Waals surface area contributed by atoms with Crippen LogP contribution in [-0.4, -0.2) is 61.0 Å². The maximum absolute atomic E-state index is 13.2. The van der Waals surface area contributed by atoms with Gasteiger partial charge in [-0.05, 0) is 44.3 Å². The fourth-order valence-electron chi connectivity index (χ4n) is 3.41. The standard InChI is InChI=1S/C20H25ClN4O/c1-15-6-4-5-7-17(15)19(23(2)3)20(26)25-12-10-24(11-13-25)18-9-8-16(21)14-22-18/h4-9,14,19H,10-13H2,1-3H3/t19-/m0/s1. The van der Waals surface area contributed by atoms with E-state index in [0.29, 0.717) is 18.1 Å². The summed E-state index contributed by atoms with van der Waals surface area (Å²) in [6.45, 7) is 4.99. The number of aryl methyl sites for hydroxylation is 1. The number of carbonyl (C=O) groups is 1. The van der Waals surface area contributed by atoms with Crippen molar-refractivity contribution in [2.45, 2.75) is 13.0 Å². The van der Waals surface area contributed by atoms with Crippen molar-refractivity contribution < 1.29 is 4.79 Å². The second kappa shape index (κ2) is 8.06. The number of piperazine rings is 1. The van der Waals surface area contributed by atoms with Crippen LogP contribution in [-0.2, 0) is 4.79 Å². The molecule has 1 aliphatic heterocycles. The van der Waals surface area contributed by atoms with Gasteiger partial charge < -0.3 is 9.80 Å². The van der Waals surface area contributed by atoms with E-state index in [1.54, 1.807) is 6.20 Å². The molecule has 2 aromatic rings. The van der Waals surface area contributed by atoms with Gasteiger partial charge in [-0.1, -0.05) is 35.9 Å². The summed E-state index contributed by atoms with van der Waals surface area (Å²) in [7, 11) is 3.92. The zero-order chi connectivity index (χ0) is 18.7. The number of benzene rings is 1. The van der Waals surface area contributed by atoms with Crippen molar-refractivity contribution in [2.75, 3.05) is 45.2 Å². The topological polar surface area (TPSA) is 39.7 Å². The van der Waals surface area contributed by atoms with Gasteiger partial charge in [0, 0.05) is 32.4 Å². The minimum absolute atomic E-state index is 0.160. The third kappa shape index (κ3) is 4.00. The second-order valence-corrected chi connectivity index (χ2v) is 7.31. The van der Waals surface area contributed by atoms with Gasteiger partial charge in [0.1, 0.15) is 11.9 Å². The summed E-state index contributed by atoms with van der Waals surface area (Å²) >= 11 is 5.91. The summed E-state index contributed by atoms with van der Waals surface area (Å²) in [6.07, 6.45) is 1.66. The van der Waals surface area contributed by atoms with Crippen molar-refractivity contribution in [1.29, 1.82) is 0 Å². The van der Waals surface area contributed by atoms with E-state index < -0.39 is 0 Å². The molecule has 1 aliphatic rings. The number of halogens is 1. The molecule has 0 N–H and O–H groups in total. The monoisotopic (exact) mass is 372 g/mol. The van der Waals surface area contributed by atoms with Gasteiger partial charge in [-0.15, -0.1) is 0 Å². The number of likely N-dealkylation sites (N-methyl/N-ethyl adjacent to an activating group) is 1. The van der Waals surface area contributed by atoms with E-state index in [4.69, 9.17) is 11.6 Å². The van der Waals surface area contributed by atoms with E-state index >= 15 is 0 Å². The van der Waals surface area contributed by atoms with Gasteiger partial charge in [0.05, 0.1) is 5.02 Å². The number of pyridine rings is 1. The summed E-state index contributed by atoms with van der Waals surface area (Å²) < 4.78 is 0. The number of carbonyl (C=O) groups excluding carboxylic acids is 1. The first-order valence-electron chi connectivity index (χ1n) is 8.84. The van der Waals surface area contributed by atoms with Gasteiger partial charge >= 0.3 is 0 Å². The molecule has 1 atom stereocenters. The molecule has 0 bridgehead atoms. The molecule has 1 aromatic carbocycles. The second-order valence-electron chi connectivity index (χ2n) is 6.87. The number of hydrogen-bond acceptors (Lipinski definition) is 4. The van der Waals surface area contributed by atoms with Crippen LogP contribution in [0.15, 0.2) is 42.6 Å². The van der Waals surface area contributed by atoms with Crippen LogP contribution < -0.4 is 4.90 Å². The van der Waals surface area contributed by atoms with Crippen molar-refractivity contribution >= 4 is 23.3 Å². The average molecular weight is 373 g/mol. The van der Waals surface area contributed by atoms with Crippen LogP contribution in [0.25, 0.3) is 0 Å². The SMILES string of the molecule is Cc1ccccc1[C@@H](C(=O)N1CCN(c2ccc(Cl)cn2)CC1)N(C)C. The van der Waals surface area contributed by atoms with Crippen LogP contribution in [0.3, 0.4) is 0 Å². The lowest BCUT2D eigenvalue weighted by Gasteiger charge is -2.38. The number of amides is 1. The largest absolute Gasteiger partial charge is 0.353 e. The molecule has 0 spiro atoms. The van der Waals surface area contributed by atoms with Crippen LogP contribution in [0.1, 0.15) is 17.2 Å². The molecule has 0 unspecified atom stereocenters. The Morgan fingerprint density at radius 1 is 1.12 bits per heavy atom. The Morgan fingerprint density at radius 3 is 2.38 bits per heavy atom. The molecular formula is C20H25ClN4O. The smallest absolute Gasteiger partial charge is 0.244 e. The quantitative estimate of drug-likeness (QED) is 0.827. The van der Waals surface area contributed by atoms with Gasteiger partial charge in [0.15, 0.2) is 0 Å². The third-order valence-corrected chi connectivity index (χ3v) is 5.08. The summed E-state index contributed by atoms with van der Waals surface area (Å²) in [5, 5.41) is 0.634. The molecule has 1 aromatic heterocycles. The van der Waals surface area contributed by atoms with Crippen molar-refractivity contribution in [1.82, 2.24) is 14.8 Å². The van der Waals surface area contributed by atoms with Crippen molar-refractivity contribution in [3.8, 4) is 0 Å². The molecule has 26 heavy (non-hydrogen) atoms. The van der Waals surface area contributed by atoms with E-state index in [0.717, 1.165) is 30.0 Å². The molecule has 2 heterocycles. The van der Waals surface area contributed by atoms with E-state index in [2.05, 4.69) is 22.9 Å². The molecule has 0 radical (unpaired) electrons. The highest BCUT2D eigenvalue weighted by molar-refractivity contribution is 6.30. The molecule has 3 rings (SSSR count). The molecule has 6 heteroatoms. The minimum atomic E-state index is -0.253. The molecule has 5 nitrogen and oxygen atoms in total. The first kappa shape index (κ1) is 18.7. The van der Waals surface area contributed by atoms with Gasteiger partial charge in [0.25, 0.3) is 0 Å². The molecular weight excluding hydrogens is 348 g/mol. The van der Waals surface area contributed by atoms with Gasteiger partial charge in [0.2, 0.25) is 5.91 Å². The zero-order valence-corrected chi connectivity index (χ0v) is 16.3. The highest BCUT2D eigenvalue weighted by atomic mass is 35.5. The fraction of sp³-hybridized carbons (Fsp3) is 0.400. The highest BCUT2D eigenvalue weighted by Crippen LogP contribution is 2.25. The molecule has 138 valence electrons. The number of nitrogens with zero attached hydrogens (tertiary/aromatic N) is 4. The van der Waals surface area contributed by atoms with Crippen LogP contribution >= 0.6 is 11.6 Å². The Hall–Kier alpha value is -2.11. The predicted octanol–water partition coefficient (Wildman–Crippen LogP) is 2.99. The summed E-state index contributed by atoms with van der Waals surface area (Å²) in [6, 6.07) is 11.6. The average Bonchev–Trinajstić information content (AvgIpc) is 2.64. The third-order valence-electron chi connectivity index (χ3n) is 4.86. The Kier molecular flexibility index (Phi) is 5.79. The number of anilines is 1. The maximum atomic E-state index is 13.2. The molecule has 0 saturated carbocycles. The molecule has 0 aliphatic carbocycles. The van der Waals surface area contributed by atoms with Gasteiger partial charge in [-0.2, -0.15) is 0 Å². The van der Waals surface area contributed by atoms with Crippen molar-refractivity contribution in [2.24, 2.45) is 0 Å². The lowest BCUT2D eigenvalue weighted by atomic mass is 9.99. The first-order valence-corrected chi connectivity index (χ1v) is 9.22. The van der Waals surface area contributed by atoms with E-state index in [-0.39, 0.29) is 11.9 Å². The number of hydrogen-bond donors (Lipinski definition) is 0. The van der Waals surface area contributed by atoms with Crippen LogP contribution in [0.4, 0.5) is 5.82 Å².